The Morgan fingerprint density at radius 3 is 2.45 bits per heavy atom. The zero-order valence-corrected chi connectivity index (χ0v) is 14.2. The molecular weight excluding hydrogens is 313 g/mol. The van der Waals surface area contributed by atoms with Gasteiger partial charge in [-0.05, 0) is 19.1 Å². The molecule has 2 rings (SSSR count). The average Bonchev–Trinajstić information content (AvgIpc) is 2.75. The third-order valence-electron chi connectivity index (χ3n) is 2.82. The van der Waals surface area contributed by atoms with Gasteiger partial charge in [0.1, 0.15) is 16.8 Å². The maximum absolute atomic E-state index is 6.20. The van der Waals surface area contributed by atoms with Gasteiger partial charge >= 0.3 is 0 Å². The molecule has 0 saturated heterocycles. The van der Waals surface area contributed by atoms with Crippen molar-refractivity contribution in [2.24, 2.45) is 0 Å². The van der Waals surface area contributed by atoms with Crippen LogP contribution in [0.25, 0.3) is 0 Å². The fourth-order valence-corrected chi connectivity index (χ4v) is 2.81. The molecule has 2 heterocycles. The number of hydrogen-bond acceptors (Lipinski definition) is 4. The molecule has 0 saturated carbocycles. The number of thiophene rings is 1. The van der Waals surface area contributed by atoms with Gasteiger partial charge in [-0.3, -0.25) is 0 Å². The van der Waals surface area contributed by atoms with Crippen molar-refractivity contribution >= 4 is 40.4 Å². The minimum atomic E-state index is -0.139. The fourth-order valence-electron chi connectivity index (χ4n) is 1.61. The molecule has 0 amide bonds. The molecular formula is C14H17Cl2N3S. The number of hydrogen-bond donors (Lipinski definition) is 1. The summed E-state index contributed by atoms with van der Waals surface area (Å²) in [6.45, 7) is 8.79. The van der Waals surface area contributed by atoms with Crippen LogP contribution in [0.4, 0.5) is 5.82 Å². The van der Waals surface area contributed by atoms with Crippen LogP contribution in [-0.4, -0.2) is 9.97 Å². The summed E-state index contributed by atoms with van der Waals surface area (Å²) < 4.78 is 0.787. The van der Waals surface area contributed by atoms with Gasteiger partial charge in [-0.1, -0.05) is 44.0 Å². The summed E-state index contributed by atoms with van der Waals surface area (Å²) in [5.41, 5.74) is 0.724. The van der Waals surface area contributed by atoms with Gasteiger partial charge in [0.15, 0.2) is 0 Å². The van der Waals surface area contributed by atoms with Crippen LogP contribution in [0.2, 0.25) is 9.49 Å². The van der Waals surface area contributed by atoms with Crippen LogP contribution in [0.5, 0.6) is 0 Å². The number of aromatic nitrogens is 2. The zero-order valence-electron chi connectivity index (χ0n) is 11.9. The molecule has 2 aromatic rings. The Kier molecular flexibility index (Phi) is 4.57. The van der Waals surface area contributed by atoms with E-state index in [9.17, 15) is 0 Å². The van der Waals surface area contributed by atoms with Crippen LogP contribution < -0.4 is 5.32 Å². The SMILES string of the molecule is Cc1c(Cl)nc(C(C)(C)C)nc1NCc1ccc(Cl)s1. The molecule has 0 unspecified atom stereocenters. The largest absolute Gasteiger partial charge is 0.365 e. The minimum absolute atomic E-state index is 0.139. The third-order valence-corrected chi connectivity index (χ3v) is 4.42. The predicted octanol–water partition coefficient (Wildman–Crippen LogP) is 5.06. The maximum Gasteiger partial charge on any atom is 0.137 e. The van der Waals surface area contributed by atoms with Crippen molar-refractivity contribution in [3.63, 3.8) is 0 Å². The molecule has 0 aliphatic carbocycles. The second-order valence-electron chi connectivity index (χ2n) is 5.62. The monoisotopic (exact) mass is 329 g/mol. The first-order valence-corrected chi connectivity index (χ1v) is 7.87. The molecule has 0 aromatic carbocycles. The Hall–Kier alpha value is -0.840. The van der Waals surface area contributed by atoms with Crippen LogP contribution in [0.1, 0.15) is 37.0 Å². The molecule has 6 heteroatoms. The number of halogens is 2. The molecule has 0 aliphatic rings. The Morgan fingerprint density at radius 2 is 1.90 bits per heavy atom. The highest BCUT2D eigenvalue weighted by atomic mass is 35.5. The Balaban J connectivity index is 2.24. The topological polar surface area (TPSA) is 37.8 Å². The number of nitrogens with one attached hydrogen (secondary N) is 1. The van der Waals surface area contributed by atoms with Gasteiger partial charge in [0.25, 0.3) is 0 Å². The number of rotatable bonds is 3. The zero-order chi connectivity index (χ0) is 14.9. The Bertz CT molecular complexity index is 617. The maximum atomic E-state index is 6.20. The second-order valence-corrected chi connectivity index (χ2v) is 7.78. The highest BCUT2D eigenvalue weighted by molar-refractivity contribution is 7.16. The third kappa shape index (κ3) is 3.62. The molecule has 0 fully saturated rings. The summed E-state index contributed by atoms with van der Waals surface area (Å²) in [6.07, 6.45) is 0. The standard InChI is InChI=1S/C14H17Cl2N3S/c1-8-11(16)18-13(14(2,3)4)19-12(8)17-7-9-5-6-10(15)20-9/h5-6H,7H2,1-4H3,(H,17,18,19). The van der Waals surface area contributed by atoms with Crippen LogP contribution in [-0.2, 0) is 12.0 Å². The molecule has 108 valence electrons. The van der Waals surface area contributed by atoms with Crippen LogP contribution in [0.3, 0.4) is 0 Å². The van der Waals surface area contributed by atoms with E-state index in [1.807, 2.05) is 19.1 Å². The summed E-state index contributed by atoms with van der Waals surface area (Å²) in [4.78, 5) is 10.1. The highest BCUT2D eigenvalue weighted by Gasteiger charge is 2.20. The van der Waals surface area contributed by atoms with Crippen LogP contribution in [0.15, 0.2) is 12.1 Å². The van der Waals surface area contributed by atoms with E-state index in [-0.39, 0.29) is 5.41 Å². The molecule has 0 radical (unpaired) electrons. The van der Waals surface area contributed by atoms with E-state index in [1.54, 1.807) is 11.3 Å². The van der Waals surface area contributed by atoms with Crippen molar-refractivity contribution in [2.75, 3.05) is 5.32 Å². The van der Waals surface area contributed by atoms with Crippen molar-refractivity contribution < 1.29 is 0 Å². The van der Waals surface area contributed by atoms with Crippen molar-refractivity contribution in [3.05, 3.63) is 37.9 Å². The van der Waals surface area contributed by atoms with Gasteiger partial charge in [-0.25, -0.2) is 9.97 Å². The molecule has 0 bridgehead atoms. The van der Waals surface area contributed by atoms with Gasteiger partial charge in [0, 0.05) is 15.9 Å². The summed E-state index contributed by atoms with van der Waals surface area (Å²) in [7, 11) is 0. The summed E-state index contributed by atoms with van der Waals surface area (Å²) in [6, 6.07) is 3.90. The summed E-state index contributed by atoms with van der Waals surface area (Å²) >= 11 is 13.7. The van der Waals surface area contributed by atoms with Gasteiger partial charge in [0.05, 0.1) is 10.9 Å². The molecule has 1 N–H and O–H groups in total. The lowest BCUT2D eigenvalue weighted by atomic mass is 9.95. The normalized spacial score (nSPS) is 11.7. The van der Waals surface area contributed by atoms with Crippen LogP contribution >= 0.6 is 34.5 Å². The molecule has 0 aliphatic heterocycles. The van der Waals surface area contributed by atoms with Crippen molar-refractivity contribution in [3.8, 4) is 0 Å². The van der Waals surface area contributed by atoms with Gasteiger partial charge in [-0.2, -0.15) is 0 Å². The number of nitrogens with zero attached hydrogens (tertiary/aromatic N) is 2. The second kappa shape index (κ2) is 5.88. The highest BCUT2D eigenvalue weighted by Crippen LogP contribution is 2.27. The lowest BCUT2D eigenvalue weighted by molar-refractivity contribution is 0.545. The van der Waals surface area contributed by atoms with E-state index < -0.39 is 0 Å². The van der Waals surface area contributed by atoms with Gasteiger partial charge in [-0.15, -0.1) is 11.3 Å². The van der Waals surface area contributed by atoms with E-state index in [4.69, 9.17) is 23.2 Å². The van der Waals surface area contributed by atoms with Crippen LogP contribution in [0, 0.1) is 6.92 Å². The van der Waals surface area contributed by atoms with E-state index in [0.29, 0.717) is 11.7 Å². The predicted molar refractivity (Wildman–Crippen MR) is 87.1 cm³/mol. The van der Waals surface area contributed by atoms with E-state index in [0.717, 1.165) is 26.4 Å². The van der Waals surface area contributed by atoms with E-state index in [1.165, 1.54) is 0 Å². The molecule has 0 spiro atoms. The number of anilines is 1. The van der Waals surface area contributed by atoms with Gasteiger partial charge < -0.3 is 5.32 Å². The first kappa shape index (κ1) is 15.5. The molecule has 0 atom stereocenters. The molecule has 20 heavy (non-hydrogen) atoms. The van der Waals surface area contributed by atoms with E-state index in [2.05, 4.69) is 36.1 Å². The molecule has 3 nitrogen and oxygen atoms in total. The van der Waals surface area contributed by atoms with Crippen molar-refractivity contribution in [1.29, 1.82) is 0 Å². The first-order valence-electron chi connectivity index (χ1n) is 6.30. The summed E-state index contributed by atoms with van der Waals surface area (Å²) in [5, 5.41) is 3.81. The van der Waals surface area contributed by atoms with E-state index >= 15 is 0 Å². The summed E-state index contributed by atoms with van der Waals surface area (Å²) in [5.74, 6) is 1.51. The first-order chi connectivity index (χ1) is 9.27. The van der Waals surface area contributed by atoms with Gasteiger partial charge in [0.2, 0.25) is 0 Å². The minimum Gasteiger partial charge on any atom is -0.365 e. The van der Waals surface area contributed by atoms with Crippen molar-refractivity contribution in [2.45, 2.75) is 39.7 Å². The lowest BCUT2D eigenvalue weighted by Gasteiger charge is -2.19. The average molecular weight is 330 g/mol. The lowest BCUT2D eigenvalue weighted by Crippen LogP contribution is -2.18. The molecule has 2 aromatic heterocycles. The smallest absolute Gasteiger partial charge is 0.137 e. The fraction of sp³-hybridized carbons (Fsp3) is 0.429. The van der Waals surface area contributed by atoms with Crippen molar-refractivity contribution in [1.82, 2.24) is 9.97 Å². The Labute approximate surface area is 133 Å². The quantitative estimate of drug-likeness (QED) is 0.799. The Morgan fingerprint density at radius 1 is 1.20 bits per heavy atom.